The molecule has 0 saturated carbocycles. The normalized spacial score (nSPS) is 17.1. The molecule has 2 aromatic rings. The van der Waals surface area contributed by atoms with E-state index in [0.29, 0.717) is 6.54 Å². The van der Waals surface area contributed by atoms with Crippen molar-refractivity contribution in [3.05, 3.63) is 35.2 Å². The number of hydrogen-bond acceptors (Lipinski definition) is 5. The van der Waals surface area contributed by atoms with Gasteiger partial charge in [-0.05, 0) is 51.4 Å². The first-order valence-electron chi connectivity index (χ1n) is 9.20. The lowest BCUT2D eigenvalue weighted by Crippen LogP contribution is -2.33. The predicted octanol–water partition coefficient (Wildman–Crippen LogP) is 2.83. The minimum absolute atomic E-state index is 0.0250. The number of carbonyl (C=O) groups is 1. The van der Waals surface area contributed by atoms with Gasteiger partial charge in [0, 0.05) is 18.7 Å². The minimum atomic E-state index is -0.0250. The second-order valence-corrected chi connectivity index (χ2v) is 6.95. The zero-order valence-corrected chi connectivity index (χ0v) is 16.7. The van der Waals surface area contributed by atoms with Gasteiger partial charge in [0.25, 0.3) is 0 Å². The molecule has 0 radical (unpaired) electrons. The number of likely N-dealkylation sites (tertiary alicyclic amines) is 1. The average molecular weight is 372 g/mol. The molecule has 0 spiro atoms. The van der Waals surface area contributed by atoms with Crippen molar-refractivity contribution in [2.45, 2.75) is 32.7 Å². The number of amides is 1. The van der Waals surface area contributed by atoms with Crippen LogP contribution in [-0.2, 0) is 11.8 Å². The highest BCUT2D eigenvalue weighted by Crippen LogP contribution is 2.38. The van der Waals surface area contributed by atoms with E-state index >= 15 is 0 Å². The third-order valence-corrected chi connectivity index (χ3v) is 5.28. The molecule has 1 N–H and O–H groups in total. The molecule has 0 bridgehead atoms. The molecule has 146 valence electrons. The number of ether oxygens (including phenoxy) is 2. The summed E-state index contributed by atoms with van der Waals surface area (Å²) >= 11 is 0. The van der Waals surface area contributed by atoms with Crippen LogP contribution in [0, 0.1) is 13.8 Å². The van der Waals surface area contributed by atoms with Crippen LogP contribution >= 0.6 is 0 Å². The minimum Gasteiger partial charge on any atom is -0.497 e. The molecule has 2 heterocycles. The van der Waals surface area contributed by atoms with E-state index in [2.05, 4.69) is 15.3 Å². The number of nitrogens with zero attached hydrogens (tertiary/aromatic N) is 3. The molecule has 0 unspecified atom stereocenters. The Morgan fingerprint density at radius 2 is 2.07 bits per heavy atom. The van der Waals surface area contributed by atoms with Crippen LogP contribution in [0.1, 0.15) is 35.8 Å². The van der Waals surface area contributed by atoms with Gasteiger partial charge < -0.3 is 14.8 Å². The quantitative estimate of drug-likeness (QED) is 0.844. The number of nitrogens with one attached hydrogen (secondary N) is 1. The van der Waals surface area contributed by atoms with Gasteiger partial charge in [0.2, 0.25) is 5.91 Å². The van der Waals surface area contributed by atoms with Crippen molar-refractivity contribution in [2.24, 2.45) is 7.05 Å². The molecule has 3 rings (SSSR count). The third-order valence-electron chi connectivity index (χ3n) is 5.28. The van der Waals surface area contributed by atoms with Gasteiger partial charge >= 0.3 is 0 Å². The fourth-order valence-corrected chi connectivity index (χ4v) is 3.79. The smallest absolute Gasteiger partial charge is 0.238 e. The molecule has 1 aliphatic heterocycles. The van der Waals surface area contributed by atoms with Crippen LogP contribution in [0.3, 0.4) is 0 Å². The Kier molecular flexibility index (Phi) is 5.70. The highest BCUT2D eigenvalue weighted by molar-refractivity contribution is 5.93. The lowest BCUT2D eigenvalue weighted by Gasteiger charge is -2.26. The Morgan fingerprint density at radius 1 is 1.30 bits per heavy atom. The Bertz CT molecular complexity index is 831. The van der Waals surface area contributed by atoms with Crippen molar-refractivity contribution in [3.8, 4) is 11.5 Å². The van der Waals surface area contributed by atoms with Crippen molar-refractivity contribution >= 4 is 11.6 Å². The van der Waals surface area contributed by atoms with Gasteiger partial charge in [0.15, 0.2) is 0 Å². The Labute approximate surface area is 160 Å². The topological polar surface area (TPSA) is 68.6 Å². The summed E-state index contributed by atoms with van der Waals surface area (Å²) in [5, 5.41) is 7.39. The van der Waals surface area contributed by atoms with Crippen LogP contribution in [-0.4, -0.2) is 47.9 Å². The molecule has 1 aromatic heterocycles. The summed E-state index contributed by atoms with van der Waals surface area (Å²) in [5.41, 5.74) is 3.65. The summed E-state index contributed by atoms with van der Waals surface area (Å²) in [6.45, 7) is 5.07. The lowest BCUT2D eigenvalue weighted by atomic mass is 10.0. The summed E-state index contributed by atoms with van der Waals surface area (Å²) in [5.74, 6) is 1.60. The molecule has 27 heavy (non-hydrogen) atoms. The second kappa shape index (κ2) is 8.00. The number of hydrogen-bond donors (Lipinski definition) is 1. The average Bonchev–Trinajstić information content (AvgIpc) is 3.20. The van der Waals surface area contributed by atoms with Gasteiger partial charge in [0.05, 0.1) is 37.8 Å². The lowest BCUT2D eigenvalue weighted by molar-refractivity contribution is -0.117. The largest absolute Gasteiger partial charge is 0.497 e. The van der Waals surface area contributed by atoms with E-state index in [9.17, 15) is 4.79 Å². The number of anilines is 1. The summed E-state index contributed by atoms with van der Waals surface area (Å²) in [6.07, 6.45) is 2.03. The monoisotopic (exact) mass is 372 g/mol. The highest BCUT2D eigenvalue weighted by Gasteiger charge is 2.30. The number of methoxy groups -OCH3 is 2. The zero-order valence-electron chi connectivity index (χ0n) is 16.7. The molecule has 1 aromatic carbocycles. The first kappa shape index (κ1) is 19.2. The standard InChI is InChI=1S/C20H28N4O3/c1-13-20(14(2)23(3)22-13)21-19(25)12-24-10-6-7-17(24)16-11-15(26-4)8-9-18(16)27-5/h8-9,11,17H,6-7,10,12H2,1-5H3,(H,21,25)/t17-/m0/s1. The van der Waals surface area contributed by atoms with Crippen molar-refractivity contribution in [3.63, 3.8) is 0 Å². The third kappa shape index (κ3) is 3.93. The van der Waals surface area contributed by atoms with Crippen molar-refractivity contribution in [2.75, 3.05) is 32.6 Å². The zero-order chi connectivity index (χ0) is 19.6. The molecule has 1 aliphatic rings. The van der Waals surface area contributed by atoms with Crippen LogP contribution in [0.2, 0.25) is 0 Å². The molecule has 1 atom stereocenters. The molecule has 7 heteroatoms. The van der Waals surface area contributed by atoms with Gasteiger partial charge in [-0.3, -0.25) is 14.4 Å². The molecule has 0 aliphatic carbocycles. The summed E-state index contributed by atoms with van der Waals surface area (Å²) in [4.78, 5) is 14.9. The SMILES string of the molecule is COc1ccc(OC)c([C@@H]2CCCN2CC(=O)Nc2c(C)nn(C)c2C)c1. The van der Waals surface area contributed by atoms with Gasteiger partial charge in [-0.25, -0.2) is 0 Å². The molecular formula is C20H28N4O3. The van der Waals surface area contributed by atoms with E-state index in [1.807, 2.05) is 39.1 Å². The predicted molar refractivity (Wildman–Crippen MR) is 104 cm³/mol. The van der Waals surface area contributed by atoms with Crippen molar-refractivity contribution in [1.29, 1.82) is 0 Å². The summed E-state index contributed by atoms with van der Waals surface area (Å²) < 4.78 is 12.7. The van der Waals surface area contributed by atoms with Crippen LogP contribution < -0.4 is 14.8 Å². The molecular weight excluding hydrogens is 344 g/mol. The highest BCUT2D eigenvalue weighted by atomic mass is 16.5. The van der Waals surface area contributed by atoms with Crippen molar-refractivity contribution < 1.29 is 14.3 Å². The molecule has 1 amide bonds. The fraction of sp³-hybridized carbons (Fsp3) is 0.500. The fourth-order valence-electron chi connectivity index (χ4n) is 3.79. The van der Waals surface area contributed by atoms with Crippen LogP contribution in [0.4, 0.5) is 5.69 Å². The maximum absolute atomic E-state index is 12.7. The first-order chi connectivity index (χ1) is 12.9. The molecule has 1 fully saturated rings. The molecule has 7 nitrogen and oxygen atoms in total. The summed E-state index contributed by atoms with van der Waals surface area (Å²) in [7, 11) is 5.21. The maximum Gasteiger partial charge on any atom is 0.238 e. The van der Waals surface area contributed by atoms with Crippen LogP contribution in [0.25, 0.3) is 0 Å². The number of rotatable bonds is 6. The Hall–Kier alpha value is -2.54. The van der Waals surface area contributed by atoms with Gasteiger partial charge in [-0.15, -0.1) is 0 Å². The van der Waals surface area contributed by atoms with Crippen molar-refractivity contribution in [1.82, 2.24) is 14.7 Å². The number of benzene rings is 1. The van der Waals surface area contributed by atoms with E-state index in [1.54, 1.807) is 18.9 Å². The number of aryl methyl sites for hydroxylation is 2. The summed E-state index contributed by atoms with van der Waals surface area (Å²) in [6, 6.07) is 5.96. The van der Waals surface area contributed by atoms with E-state index < -0.39 is 0 Å². The van der Waals surface area contributed by atoms with Crippen LogP contribution in [0.5, 0.6) is 11.5 Å². The Balaban J connectivity index is 1.76. The van der Waals surface area contributed by atoms with Crippen LogP contribution in [0.15, 0.2) is 18.2 Å². The second-order valence-electron chi connectivity index (χ2n) is 6.95. The first-order valence-corrected chi connectivity index (χ1v) is 9.20. The number of aromatic nitrogens is 2. The number of carbonyl (C=O) groups excluding carboxylic acids is 1. The molecule has 1 saturated heterocycles. The van der Waals surface area contributed by atoms with E-state index in [0.717, 1.165) is 53.5 Å². The van der Waals surface area contributed by atoms with E-state index in [4.69, 9.17) is 9.47 Å². The van der Waals surface area contributed by atoms with E-state index in [1.165, 1.54) is 0 Å². The Morgan fingerprint density at radius 3 is 2.70 bits per heavy atom. The van der Waals surface area contributed by atoms with Gasteiger partial charge in [-0.2, -0.15) is 5.10 Å². The van der Waals surface area contributed by atoms with Gasteiger partial charge in [-0.1, -0.05) is 0 Å². The maximum atomic E-state index is 12.7. The van der Waals surface area contributed by atoms with Gasteiger partial charge in [0.1, 0.15) is 11.5 Å². The van der Waals surface area contributed by atoms with E-state index in [-0.39, 0.29) is 11.9 Å².